The molecule has 256 valence electrons. The van der Waals surface area contributed by atoms with Crippen molar-refractivity contribution in [1.82, 2.24) is 15.1 Å². The van der Waals surface area contributed by atoms with Crippen LogP contribution >= 0.6 is 0 Å². The van der Waals surface area contributed by atoms with Gasteiger partial charge >= 0.3 is 12.2 Å². The first-order valence-electron chi connectivity index (χ1n) is 15.9. The van der Waals surface area contributed by atoms with Crippen LogP contribution in [0.3, 0.4) is 0 Å². The van der Waals surface area contributed by atoms with Crippen LogP contribution in [0.15, 0.2) is 42.5 Å². The summed E-state index contributed by atoms with van der Waals surface area (Å²) in [6.45, 7) is 10.8. The van der Waals surface area contributed by atoms with Crippen molar-refractivity contribution >= 4 is 17.6 Å². The molecule has 1 aliphatic heterocycles. The normalized spacial score (nSPS) is 20.9. The van der Waals surface area contributed by atoms with E-state index in [0.29, 0.717) is 31.1 Å². The Hall–Kier alpha value is -3.35. The smallest absolute Gasteiger partial charge is 0.416 e. The molecule has 9 nitrogen and oxygen atoms in total. The highest BCUT2D eigenvalue weighted by Gasteiger charge is 2.31. The third-order valence-corrected chi connectivity index (χ3v) is 7.95. The van der Waals surface area contributed by atoms with Crippen molar-refractivity contribution in [2.24, 2.45) is 5.92 Å². The lowest BCUT2D eigenvalue weighted by atomic mass is 10.0. The van der Waals surface area contributed by atoms with Gasteiger partial charge in [0.2, 0.25) is 0 Å². The van der Waals surface area contributed by atoms with Crippen LogP contribution in [0.1, 0.15) is 75.4 Å². The SMILES string of the molecule is CC(C)NC(=O)Nc1ccc2c(c1)C(=O)N([C@@H](C)CO)C[C@@H](C)[C@@H](CN(C)Cc1ccc(C(F)(F)F)cc1)OCCCC[C@H](C)O2. The fourth-order valence-electron chi connectivity index (χ4n) is 5.37. The molecule has 2 aromatic rings. The Morgan fingerprint density at radius 1 is 1.11 bits per heavy atom. The number of aliphatic hydroxyl groups is 1. The van der Waals surface area contributed by atoms with E-state index >= 15 is 0 Å². The summed E-state index contributed by atoms with van der Waals surface area (Å²) in [5, 5.41) is 15.7. The molecule has 0 unspecified atom stereocenters. The highest BCUT2D eigenvalue weighted by atomic mass is 19.4. The number of carbonyl (C=O) groups is 2. The Kier molecular flexibility index (Phi) is 13.7. The maximum atomic E-state index is 14.2. The van der Waals surface area contributed by atoms with E-state index in [2.05, 4.69) is 10.6 Å². The molecule has 0 radical (unpaired) electrons. The topological polar surface area (TPSA) is 103 Å². The number of fused-ring (bicyclic) bond motifs is 1. The van der Waals surface area contributed by atoms with Crippen LogP contribution in [-0.2, 0) is 17.5 Å². The van der Waals surface area contributed by atoms with Gasteiger partial charge in [-0.25, -0.2) is 4.79 Å². The Bertz CT molecular complexity index is 1270. The maximum absolute atomic E-state index is 14.2. The van der Waals surface area contributed by atoms with Gasteiger partial charge < -0.3 is 30.1 Å². The van der Waals surface area contributed by atoms with Crippen LogP contribution < -0.4 is 15.4 Å². The molecule has 0 bridgehead atoms. The van der Waals surface area contributed by atoms with Gasteiger partial charge in [0.15, 0.2) is 0 Å². The number of urea groups is 1. The van der Waals surface area contributed by atoms with Gasteiger partial charge in [0.25, 0.3) is 5.91 Å². The third-order valence-electron chi connectivity index (χ3n) is 7.95. The predicted octanol–water partition coefficient (Wildman–Crippen LogP) is 6.16. The zero-order valence-corrected chi connectivity index (χ0v) is 27.7. The largest absolute Gasteiger partial charge is 0.490 e. The number of hydrogen-bond acceptors (Lipinski definition) is 6. The average molecular weight is 651 g/mol. The van der Waals surface area contributed by atoms with E-state index in [1.165, 1.54) is 12.1 Å². The van der Waals surface area contributed by atoms with Crippen LogP contribution in [0.25, 0.3) is 0 Å². The van der Waals surface area contributed by atoms with Gasteiger partial charge in [0, 0.05) is 43.9 Å². The molecule has 0 saturated heterocycles. The van der Waals surface area contributed by atoms with Crippen LogP contribution in [0, 0.1) is 5.92 Å². The number of rotatable bonds is 8. The van der Waals surface area contributed by atoms with Crippen molar-refractivity contribution in [2.75, 3.05) is 38.7 Å². The van der Waals surface area contributed by atoms with E-state index < -0.39 is 23.8 Å². The zero-order chi connectivity index (χ0) is 34.0. The summed E-state index contributed by atoms with van der Waals surface area (Å²) in [5.41, 5.74) is 0.758. The molecule has 0 spiro atoms. The summed E-state index contributed by atoms with van der Waals surface area (Å²) in [7, 11) is 1.89. The maximum Gasteiger partial charge on any atom is 0.416 e. The number of benzene rings is 2. The molecule has 4 atom stereocenters. The number of nitrogens with zero attached hydrogens (tertiary/aromatic N) is 2. The Morgan fingerprint density at radius 3 is 2.43 bits per heavy atom. The number of alkyl halides is 3. The van der Waals surface area contributed by atoms with Gasteiger partial charge in [0.05, 0.1) is 36.0 Å². The Labute approximate surface area is 270 Å². The number of hydrogen-bond donors (Lipinski definition) is 3. The van der Waals surface area contributed by atoms with Gasteiger partial charge in [-0.15, -0.1) is 0 Å². The van der Waals surface area contributed by atoms with E-state index in [9.17, 15) is 27.9 Å². The fourth-order valence-corrected chi connectivity index (χ4v) is 5.37. The summed E-state index contributed by atoms with van der Waals surface area (Å²) in [5.74, 6) is -0.119. The lowest BCUT2D eigenvalue weighted by Crippen LogP contribution is -2.47. The molecule has 2 aromatic carbocycles. The van der Waals surface area contributed by atoms with E-state index in [1.807, 2.05) is 39.6 Å². The second-order valence-electron chi connectivity index (χ2n) is 12.7. The summed E-state index contributed by atoms with van der Waals surface area (Å²) in [4.78, 5) is 30.2. The average Bonchev–Trinajstić information content (AvgIpc) is 2.98. The number of aliphatic hydroxyl groups excluding tert-OH is 1. The second-order valence-corrected chi connectivity index (χ2v) is 12.7. The van der Waals surface area contributed by atoms with Crippen molar-refractivity contribution in [3.05, 3.63) is 59.2 Å². The zero-order valence-electron chi connectivity index (χ0n) is 27.7. The molecule has 0 saturated carbocycles. The van der Waals surface area contributed by atoms with E-state index in [0.717, 1.165) is 37.0 Å². The van der Waals surface area contributed by atoms with Crippen molar-refractivity contribution in [3.8, 4) is 5.75 Å². The molecule has 0 fully saturated rings. The van der Waals surface area contributed by atoms with Crippen LogP contribution in [0.2, 0.25) is 0 Å². The highest BCUT2D eigenvalue weighted by Crippen LogP contribution is 2.30. The molecule has 3 rings (SSSR count). The van der Waals surface area contributed by atoms with Crippen LogP contribution in [0.5, 0.6) is 5.75 Å². The number of halogens is 3. The molecule has 46 heavy (non-hydrogen) atoms. The minimum atomic E-state index is -4.39. The lowest BCUT2D eigenvalue weighted by molar-refractivity contribution is -0.137. The molecular weight excluding hydrogens is 601 g/mol. The van der Waals surface area contributed by atoms with E-state index in [4.69, 9.17) is 9.47 Å². The van der Waals surface area contributed by atoms with Gasteiger partial charge in [-0.05, 0) is 89.9 Å². The number of nitrogens with one attached hydrogen (secondary N) is 2. The van der Waals surface area contributed by atoms with Gasteiger partial charge in [-0.3, -0.25) is 9.69 Å². The van der Waals surface area contributed by atoms with Crippen molar-refractivity contribution in [1.29, 1.82) is 0 Å². The van der Waals surface area contributed by atoms with Gasteiger partial charge in [-0.1, -0.05) is 19.1 Å². The highest BCUT2D eigenvalue weighted by molar-refractivity contribution is 5.99. The first-order chi connectivity index (χ1) is 21.7. The molecular formula is C34H49F3N4O5. The summed E-state index contributed by atoms with van der Waals surface area (Å²) < 4.78 is 51.7. The van der Waals surface area contributed by atoms with Crippen LogP contribution in [-0.4, -0.2) is 84.5 Å². The van der Waals surface area contributed by atoms with E-state index in [-0.39, 0.29) is 48.8 Å². The quantitative estimate of drug-likeness (QED) is 0.316. The van der Waals surface area contributed by atoms with Crippen LogP contribution in [0.4, 0.5) is 23.7 Å². The first kappa shape index (κ1) is 37.1. The molecule has 3 amide bonds. The predicted molar refractivity (Wildman–Crippen MR) is 172 cm³/mol. The summed E-state index contributed by atoms with van der Waals surface area (Å²) >= 11 is 0. The standard InChI is InChI=1S/C34H49F3N4O5/c1-22(2)38-33(44)39-28-14-15-30-29(17-28)32(43)41(24(4)21-42)18-23(3)31(45-16-8-7-9-25(5)46-30)20-40(6)19-26-10-12-27(13-11-26)34(35,36)37/h10-15,17,22-25,31,42H,7-9,16,18-21H2,1-6H3,(H2,38,39,44)/t23-,24+,25+,31-/m1/s1. The molecule has 0 aliphatic carbocycles. The number of likely N-dealkylation sites (N-methyl/N-ethyl adjacent to an activating group) is 1. The molecule has 12 heteroatoms. The third kappa shape index (κ3) is 11.2. The number of anilines is 1. The van der Waals surface area contributed by atoms with Crippen molar-refractivity contribution in [2.45, 2.75) is 90.9 Å². The monoisotopic (exact) mass is 650 g/mol. The second kappa shape index (κ2) is 17.0. The Morgan fingerprint density at radius 2 is 1.80 bits per heavy atom. The molecule has 1 aliphatic rings. The molecule has 3 N–H and O–H groups in total. The molecule has 0 aromatic heterocycles. The van der Waals surface area contributed by atoms with Crippen molar-refractivity contribution < 1.29 is 37.3 Å². The van der Waals surface area contributed by atoms with E-state index in [1.54, 1.807) is 30.0 Å². The summed E-state index contributed by atoms with van der Waals surface area (Å²) in [6, 6.07) is 9.13. The van der Waals surface area contributed by atoms with Crippen molar-refractivity contribution in [3.63, 3.8) is 0 Å². The fraction of sp³-hybridized carbons (Fsp3) is 0.588. The number of amides is 3. The minimum Gasteiger partial charge on any atom is -0.490 e. The summed E-state index contributed by atoms with van der Waals surface area (Å²) in [6.07, 6.45) is -2.50. The first-order valence-corrected chi connectivity index (χ1v) is 15.9. The minimum absolute atomic E-state index is 0.0744. The number of carbonyl (C=O) groups excluding carboxylic acids is 2. The van der Waals surface area contributed by atoms with Gasteiger partial charge in [0.1, 0.15) is 5.75 Å². The Balaban J connectivity index is 1.87. The lowest BCUT2D eigenvalue weighted by Gasteiger charge is -2.36. The molecule has 1 heterocycles. The number of ether oxygens (including phenoxy) is 2. The van der Waals surface area contributed by atoms with Gasteiger partial charge in [-0.2, -0.15) is 13.2 Å².